The van der Waals surface area contributed by atoms with E-state index in [9.17, 15) is 9.59 Å². The summed E-state index contributed by atoms with van der Waals surface area (Å²) in [5.74, 6) is -0.261. The van der Waals surface area contributed by atoms with E-state index < -0.39 is 0 Å². The predicted octanol–water partition coefficient (Wildman–Crippen LogP) is 4.87. The molecule has 2 N–H and O–H groups in total. The van der Waals surface area contributed by atoms with Crippen LogP contribution in [0.4, 0.5) is 11.4 Å². The van der Waals surface area contributed by atoms with Gasteiger partial charge in [0.05, 0.1) is 11.4 Å². The van der Waals surface area contributed by atoms with Crippen LogP contribution in [0.5, 0.6) is 0 Å². The number of nitrogens with zero attached hydrogens (tertiary/aromatic N) is 1. The molecule has 0 radical (unpaired) electrons. The molecule has 0 atom stereocenters. The van der Waals surface area contributed by atoms with E-state index in [2.05, 4.69) is 15.5 Å². The number of carbonyl (C=O) groups is 2. The summed E-state index contributed by atoms with van der Waals surface area (Å²) in [6.07, 6.45) is 8.93. The molecule has 0 aromatic heterocycles. The van der Waals surface area contributed by atoms with Gasteiger partial charge in [-0.25, -0.2) is 0 Å². The molecule has 6 heteroatoms. The van der Waals surface area contributed by atoms with Crippen molar-refractivity contribution in [2.75, 3.05) is 23.3 Å². The Morgan fingerprint density at radius 2 is 1.73 bits per heavy atom. The first kappa shape index (κ1) is 20.5. The molecule has 1 aliphatic heterocycles. The lowest BCUT2D eigenvalue weighted by atomic mass is 10.1. The van der Waals surface area contributed by atoms with Crippen LogP contribution in [0.25, 0.3) is 6.08 Å². The van der Waals surface area contributed by atoms with E-state index in [1.54, 1.807) is 24.3 Å². The lowest BCUT2D eigenvalue weighted by Crippen LogP contribution is -2.30. The Morgan fingerprint density at radius 1 is 1.00 bits per heavy atom. The third-order valence-corrected chi connectivity index (χ3v) is 5.66. The largest absolute Gasteiger partial charge is 0.370 e. The van der Waals surface area contributed by atoms with Crippen LogP contribution >= 0.6 is 11.6 Å². The number of nitrogens with one attached hydrogen (secondary N) is 2. The second-order valence-electron chi connectivity index (χ2n) is 7.90. The average Bonchev–Trinajstić information content (AvgIpc) is 3.57. The summed E-state index contributed by atoms with van der Waals surface area (Å²) in [7, 11) is 0. The number of amides is 2. The molecular formula is C24H26ClN3O2. The topological polar surface area (TPSA) is 61.4 Å². The molecule has 1 aliphatic carbocycles. The molecule has 2 amide bonds. The maximum atomic E-state index is 12.5. The lowest BCUT2D eigenvalue weighted by Gasteiger charge is -2.30. The van der Waals surface area contributed by atoms with Crippen molar-refractivity contribution in [2.45, 2.75) is 38.1 Å². The minimum atomic E-state index is -0.217. The summed E-state index contributed by atoms with van der Waals surface area (Å²) in [6, 6.07) is 13.2. The monoisotopic (exact) mass is 423 g/mol. The Morgan fingerprint density at radius 3 is 2.43 bits per heavy atom. The normalized spacial score (nSPS) is 16.5. The van der Waals surface area contributed by atoms with E-state index in [0.29, 0.717) is 16.6 Å². The summed E-state index contributed by atoms with van der Waals surface area (Å²) in [5, 5.41) is 6.52. The summed E-state index contributed by atoms with van der Waals surface area (Å²) < 4.78 is 0. The third kappa shape index (κ3) is 5.42. The maximum absolute atomic E-state index is 12.5. The Balaban J connectivity index is 1.40. The van der Waals surface area contributed by atoms with Gasteiger partial charge in [0.25, 0.3) is 5.91 Å². The minimum Gasteiger partial charge on any atom is -0.370 e. The van der Waals surface area contributed by atoms with Gasteiger partial charge in [0.1, 0.15) is 0 Å². The van der Waals surface area contributed by atoms with Gasteiger partial charge < -0.3 is 15.5 Å². The first-order chi connectivity index (χ1) is 14.6. The molecule has 30 heavy (non-hydrogen) atoms. The van der Waals surface area contributed by atoms with Crippen molar-refractivity contribution >= 4 is 40.9 Å². The number of halogens is 1. The van der Waals surface area contributed by atoms with Crippen molar-refractivity contribution in [3.63, 3.8) is 0 Å². The number of hydrogen-bond donors (Lipinski definition) is 2. The molecule has 2 aliphatic rings. The number of anilines is 2. The highest BCUT2D eigenvalue weighted by Gasteiger charge is 2.23. The molecular weight excluding hydrogens is 398 g/mol. The number of rotatable bonds is 6. The van der Waals surface area contributed by atoms with Gasteiger partial charge in [-0.05, 0) is 74.1 Å². The van der Waals surface area contributed by atoms with Gasteiger partial charge in [-0.2, -0.15) is 0 Å². The highest BCUT2D eigenvalue weighted by Crippen LogP contribution is 2.31. The number of benzene rings is 2. The lowest BCUT2D eigenvalue weighted by molar-refractivity contribution is -0.111. The molecule has 0 bridgehead atoms. The second kappa shape index (κ2) is 9.35. The zero-order chi connectivity index (χ0) is 20.9. The van der Waals surface area contributed by atoms with Crippen LogP contribution in [0, 0.1) is 0 Å². The summed E-state index contributed by atoms with van der Waals surface area (Å²) in [5.41, 5.74) is 3.22. The third-order valence-electron chi connectivity index (χ3n) is 5.43. The van der Waals surface area contributed by atoms with Crippen molar-refractivity contribution in [3.05, 3.63) is 64.7 Å². The highest BCUT2D eigenvalue weighted by atomic mass is 35.5. The number of piperidine rings is 1. The van der Waals surface area contributed by atoms with Gasteiger partial charge in [0, 0.05) is 35.8 Å². The van der Waals surface area contributed by atoms with Crippen LogP contribution in [0.3, 0.4) is 0 Å². The van der Waals surface area contributed by atoms with Crippen molar-refractivity contribution in [1.29, 1.82) is 0 Å². The van der Waals surface area contributed by atoms with E-state index >= 15 is 0 Å². The van der Waals surface area contributed by atoms with Crippen LogP contribution in [-0.2, 0) is 4.79 Å². The summed E-state index contributed by atoms with van der Waals surface area (Å²) in [4.78, 5) is 26.9. The Bertz CT molecular complexity index is 945. The maximum Gasteiger partial charge on any atom is 0.251 e. The van der Waals surface area contributed by atoms with Crippen molar-refractivity contribution in [1.82, 2.24) is 5.32 Å². The molecule has 1 heterocycles. The fraction of sp³-hybridized carbons (Fsp3) is 0.333. The molecule has 2 aromatic carbocycles. The summed E-state index contributed by atoms with van der Waals surface area (Å²) >= 11 is 6.17. The molecule has 2 fully saturated rings. The molecule has 4 rings (SSSR count). The number of hydrogen-bond acceptors (Lipinski definition) is 3. The van der Waals surface area contributed by atoms with E-state index in [0.717, 1.165) is 55.7 Å². The molecule has 2 aromatic rings. The van der Waals surface area contributed by atoms with Crippen molar-refractivity contribution in [3.8, 4) is 0 Å². The van der Waals surface area contributed by atoms with Gasteiger partial charge in [-0.3, -0.25) is 9.59 Å². The molecule has 0 unspecified atom stereocenters. The first-order valence-corrected chi connectivity index (χ1v) is 10.9. The Hall–Kier alpha value is -2.79. The van der Waals surface area contributed by atoms with E-state index in [1.165, 1.54) is 12.5 Å². The molecule has 5 nitrogen and oxygen atoms in total. The molecule has 1 saturated heterocycles. The van der Waals surface area contributed by atoms with Crippen molar-refractivity contribution < 1.29 is 9.59 Å². The second-order valence-corrected chi connectivity index (χ2v) is 8.34. The quantitative estimate of drug-likeness (QED) is 0.651. The molecule has 1 saturated carbocycles. The van der Waals surface area contributed by atoms with Crippen molar-refractivity contribution in [2.24, 2.45) is 0 Å². The van der Waals surface area contributed by atoms with Crippen LogP contribution in [0.1, 0.15) is 48.0 Å². The van der Waals surface area contributed by atoms with Crippen LogP contribution in [-0.4, -0.2) is 30.9 Å². The fourth-order valence-corrected chi connectivity index (χ4v) is 3.78. The van der Waals surface area contributed by atoms with Crippen LogP contribution in [0.2, 0.25) is 5.02 Å². The Kier molecular flexibility index (Phi) is 6.38. The zero-order valence-corrected chi connectivity index (χ0v) is 17.6. The smallest absolute Gasteiger partial charge is 0.251 e. The fourth-order valence-electron chi connectivity index (χ4n) is 3.61. The highest BCUT2D eigenvalue weighted by molar-refractivity contribution is 6.31. The van der Waals surface area contributed by atoms with Gasteiger partial charge in [0.2, 0.25) is 5.91 Å². The summed E-state index contributed by atoms with van der Waals surface area (Å²) in [6.45, 7) is 1.97. The minimum absolute atomic E-state index is 0.0445. The van der Waals surface area contributed by atoms with Gasteiger partial charge in [0.15, 0.2) is 0 Å². The standard InChI is InChI=1S/C24H26ClN3O2/c25-19-9-12-22(28-14-2-1-3-15-28)21(16-19)27-23(29)13-6-17-4-7-18(8-5-17)24(30)26-20-10-11-20/h4-9,12-13,16,20H,1-3,10-11,14-15H2,(H,26,30)(H,27,29)/b13-6+. The van der Waals surface area contributed by atoms with Crippen LogP contribution in [0.15, 0.2) is 48.5 Å². The average molecular weight is 424 g/mol. The van der Waals surface area contributed by atoms with E-state index in [4.69, 9.17) is 11.6 Å². The Labute approximate surface area is 182 Å². The number of carbonyl (C=O) groups excluding carboxylic acids is 2. The van der Waals surface area contributed by atoms with Crippen LogP contribution < -0.4 is 15.5 Å². The zero-order valence-electron chi connectivity index (χ0n) is 16.9. The predicted molar refractivity (Wildman–Crippen MR) is 122 cm³/mol. The van der Waals surface area contributed by atoms with E-state index in [1.807, 2.05) is 24.3 Å². The van der Waals surface area contributed by atoms with Gasteiger partial charge in [-0.1, -0.05) is 23.7 Å². The van der Waals surface area contributed by atoms with Gasteiger partial charge >= 0.3 is 0 Å². The molecule has 156 valence electrons. The van der Waals surface area contributed by atoms with E-state index in [-0.39, 0.29) is 11.8 Å². The molecule has 0 spiro atoms. The SMILES string of the molecule is O=C(/C=C/c1ccc(C(=O)NC2CC2)cc1)Nc1cc(Cl)ccc1N1CCCCC1. The first-order valence-electron chi connectivity index (χ1n) is 10.5. The van der Waals surface area contributed by atoms with Gasteiger partial charge in [-0.15, -0.1) is 0 Å².